The van der Waals surface area contributed by atoms with Gasteiger partial charge in [-0.25, -0.2) is 9.79 Å². The number of hydrogen-bond acceptors (Lipinski definition) is 4. The molecular weight excluding hydrogens is 274 g/mol. The lowest BCUT2D eigenvalue weighted by Crippen LogP contribution is -2.60. The second-order valence-electron chi connectivity index (χ2n) is 5.21. The zero-order valence-electron chi connectivity index (χ0n) is 11.5. The van der Waals surface area contributed by atoms with Gasteiger partial charge in [-0.1, -0.05) is 0 Å². The molecule has 3 rings (SSSR count). The van der Waals surface area contributed by atoms with Gasteiger partial charge in [0.05, 0.1) is 5.57 Å². The van der Waals surface area contributed by atoms with Gasteiger partial charge in [0.25, 0.3) is 5.91 Å². The van der Waals surface area contributed by atoms with Gasteiger partial charge in [0.2, 0.25) is 5.91 Å². The topological polar surface area (TPSA) is 120 Å². The minimum absolute atomic E-state index is 0.0252. The number of carbonyl (C=O) groups is 3. The third-order valence-corrected chi connectivity index (χ3v) is 3.80. The van der Waals surface area contributed by atoms with Crippen molar-refractivity contribution in [2.24, 2.45) is 16.6 Å². The van der Waals surface area contributed by atoms with Gasteiger partial charge in [-0.05, 0) is 25.8 Å². The van der Waals surface area contributed by atoms with Gasteiger partial charge >= 0.3 is 6.03 Å². The maximum atomic E-state index is 12.4. The number of dihydropyridines is 1. The number of amides is 4. The molecule has 2 fully saturated rings. The summed E-state index contributed by atoms with van der Waals surface area (Å²) in [4.78, 5) is 42.8. The molecule has 0 aromatic heterocycles. The molecular formula is C13H15N5O3. The van der Waals surface area contributed by atoms with Gasteiger partial charge in [0.1, 0.15) is 11.8 Å². The molecule has 0 aromatic carbocycles. The Morgan fingerprint density at radius 2 is 2.14 bits per heavy atom. The smallest absolute Gasteiger partial charge is 0.332 e. The van der Waals surface area contributed by atoms with Crippen molar-refractivity contribution < 1.29 is 14.4 Å². The summed E-state index contributed by atoms with van der Waals surface area (Å²) in [5.41, 5.74) is 5.12. The van der Waals surface area contributed by atoms with Crippen LogP contribution in [0.15, 0.2) is 16.6 Å². The Kier molecular flexibility index (Phi) is 2.89. The van der Waals surface area contributed by atoms with E-state index in [1.54, 1.807) is 6.92 Å². The molecule has 0 aromatic rings. The van der Waals surface area contributed by atoms with Crippen LogP contribution < -0.4 is 5.73 Å². The number of nitrogens with two attached hydrogens (primary N) is 1. The van der Waals surface area contributed by atoms with Crippen molar-refractivity contribution in [3.63, 3.8) is 0 Å². The second-order valence-corrected chi connectivity index (χ2v) is 5.21. The maximum Gasteiger partial charge on any atom is 0.332 e. The van der Waals surface area contributed by atoms with Crippen molar-refractivity contribution >= 4 is 29.5 Å². The Morgan fingerprint density at radius 1 is 1.48 bits per heavy atom. The van der Waals surface area contributed by atoms with E-state index in [2.05, 4.69) is 4.99 Å². The van der Waals surface area contributed by atoms with Crippen LogP contribution in [0.5, 0.6) is 0 Å². The Morgan fingerprint density at radius 3 is 2.67 bits per heavy atom. The van der Waals surface area contributed by atoms with Gasteiger partial charge < -0.3 is 5.73 Å². The van der Waals surface area contributed by atoms with E-state index < -0.39 is 23.8 Å². The molecule has 8 nitrogen and oxygen atoms in total. The summed E-state index contributed by atoms with van der Waals surface area (Å²) in [6.45, 7) is 1.97. The lowest BCUT2D eigenvalue weighted by atomic mass is 9.95. The number of carbonyl (C=O) groups excluding carboxylic acids is 3. The van der Waals surface area contributed by atoms with E-state index in [0.717, 1.165) is 17.7 Å². The number of urea groups is 1. The lowest BCUT2D eigenvalue weighted by molar-refractivity contribution is -0.130. The fourth-order valence-electron chi connectivity index (χ4n) is 2.61. The average Bonchev–Trinajstić information content (AvgIpc) is 3.23. The number of nitrogens with zero attached hydrogens (tertiary/aromatic N) is 3. The summed E-state index contributed by atoms with van der Waals surface area (Å²) in [6, 6.07) is -0.374. The van der Waals surface area contributed by atoms with Gasteiger partial charge in [-0.2, -0.15) is 0 Å². The highest BCUT2D eigenvalue weighted by Gasteiger charge is 2.49. The molecule has 1 saturated heterocycles. The number of hydrogen-bond donors (Lipinski definition) is 2. The van der Waals surface area contributed by atoms with Crippen LogP contribution in [0.4, 0.5) is 4.79 Å². The fourth-order valence-corrected chi connectivity index (χ4v) is 2.61. The molecule has 21 heavy (non-hydrogen) atoms. The monoisotopic (exact) mass is 289 g/mol. The highest BCUT2D eigenvalue weighted by atomic mass is 16.2. The van der Waals surface area contributed by atoms with Crippen molar-refractivity contribution in [2.75, 3.05) is 6.54 Å². The summed E-state index contributed by atoms with van der Waals surface area (Å²) in [7, 11) is 0. The molecule has 8 heteroatoms. The van der Waals surface area contributed by atoms with Crippen LogP contribution in [0.3, 0.4) is 0 Å². The predicted octanol–water partition coefficient (Wildman–Crippen LogP) is -0.150. The molecule has 3 aliphatic rings. The normalized spacial score (nSPS) is 25.6. The molecule has 0 spiro atoms. The average molecular weight is 289 g/mol. The van der Waals surface area contributed by atoms with Crippen molar-refractivity contribution in [1.29, 1.82) is 5.41 Å². The third-order valence-electron chi connectivity index (χ3n) is 3.80. The van der Waals surface area contributed by atoms with Gasteiger partial charge in [-0.3, -0.25) is 24.8 Å². The van der Waals surface area contributed by atoms with E-state index in [1.807, 2.05) is 0 Å². The van der Waals surface area contributed by atoms with Crippen LogP contribution in [0, 0.1) is 11.3 Å². The van der Waals surface area contributed by atoms with Gasteiger partial charge in [0, 0.05) is 12.6 Å². The number of fused-ring (bicyclic) bond motifs is 1. The number of nitrogens with one attached hydrogen (secondary N) is 1. The largest absolute Gasteiger partial charge is 0.365 e. The molecule has 2 aliphatic heterocycles. The molecule has 110 valence electrons. The lowest BCUT2D eigenvalue weighted by Gasteiger charge is -2.39. The van der Waals surface area contributed by atoms with E-state index in [4.69, 9.17) is 11.1 Å². The van der Waals surface area contributed by atoms with Crippen molar-refractivity contribution in [1.82, 2.24) is 9.80 Å². The second kappa shape index (κ2) is 4.51. The summed E-state index contributed by atoms with van der Waals surface area (Å²) >= 11 is 0. The molecule has 2 heterocycles. The Hall–Kier alpha value is -2.51. The van der Waals surface area contributed by atoms with Crippen LogP contribution in [0.25, 0.3) is 0 Å². The van der Waals surface area contributed by atoms with Gasteiger partial charge in [-0.15, -0.1) is 0 Å². The number of aliphatic imine (C=N–C) groups is 1. The van der Waals surface area contributed by atoms with E-state index >= 15 is 0 Å². The molecule has 1 unspecified atom stereocenters. The van der Waals surface area contributed by atoms with Gasteiger partial charge in [0.15, 0.2) is 5.84 Å². The molecule has 1 saturated carbocycles. The minimum atomic E-state index is -0.820. The molecule has 1 atom stereocenters. The summed E-state index contributed by atoms with van der Waals surface area (Å²) in [6.07, 6.45) is 3.05. The molecule has 0 radical (unpaired) electrons. The third kappa shape index (κ3) is 1.94. The van der Waals surface area contributed by atoms with Crippen LogP contribution in [0.1, 0.15) is 19.8 Å². The van der Waals surface area contributed by atoms with Crippen LogP contribution in [-0.4, -0.2) is 51.9 Å². The highest BCUT2D eigenvalue weighted by Crippen LogP contribution is 2.34. The van der Waals surface area contributed by atoms with E-state index in [9.17, 15) is 14.4 Å². The standard InChI is InChI=1S/C13H15N5O3/c1-2-17-12(20)8-5-7(10(15)19)9(14)16-11(8)18(13(17)21)6-3-4-6/h5-6,8,14H,2-4H2,1H3,(H2,15,19). The van der Waals surface area contributed by atoms with E-state index in [-0.39, 0.29) is 29.8 Å². The number of rotatable bonds is 3. The van der Waals surface area contributed by atoms with Crippen molar-refractivity contribution in [3.8, 4) is 0 Å². The van der Waals surface area contributed by atoms with Crippen LogP contribution in [0.2, 0.25) is 0 Å². The first-order valence-corrected chi connectivity index (χ1v) is 6.79. The predicted molar refractivity (Wildman–Crippen MR) is 73.6 cm³/mol. The van der Waals surface area contributed by atoms with Crippen LogP contribution in [-0.2, 0) is 9.59 Å². The first-order chi connectivity index (χ1) is 9.95. The maximum absolute atomic E-state index is 12.4. The first kappa shape index (κ1) is 13.5. The highest BCUT2D eigenvalue weighted by molar-refractivity contribution is 6.29. The Labute approximate surface area is 120 Å². The molecule has 0 bridgehead atoms. The summed E-state index contributed by atoms with van der Waals surface area (Å²) in [5.74, 6) is -2.10. The first-order valence-electron chi connectivity index (χ1n) is 6.79. The summed E-state index contributed by atoms with van der Waals surface area (Å²) < 4.78 is 0. The zero-order valence-corrected chi connectivity index (χ0v) is 11.5. The number of primary amides is 1. The minimum Gasteiger partial charge on any atom is -0.365 e. The Bertz CT molecular complexity index is 632. The number of amidine groups is 2. The van der Waals surface area contributed by atoms with E-state index in [1.165, 1.54) is 11.0 Å². The van der Waals surface area contributed by atoms with Crippen LogP contribution >= 0.6 is 0 Å². The molecule has 3 N–H and O–H groups in total. The Balaban J connectivity index is 2.07. The molecule has 1 aliphatic carbocycles. The molecule has 4 amide bonds. The van der Waals surface area contributed by atoms with E-state index in [0.29, 0.717) is 0 Å². The summed E-state index contributed by atoms with van der Waals surface area (Å²) in [5, 5.41) is 7.76. The number of imide groups is 1. The van der Waals surface area contributed by atoms with Crippen molar-refractivity contribution in [2.45, 2.75) is 25.8 Å². The quantitative estimate of drug-likeness (QED) is 0.751. The van der Waals surface area contributed by atoms with Crippen molar-refractivity contribution in [3.05, 3.63) is 11.6 Å². The SMILES string of the molecule is CCN1C(=O)C2C=C(C(N)=O)C(=N)N=C2N(C2CC2)C1=O. The fraction of sp³-hybridized carbons (Fsp3) is 0.462. The zero-order chi connectivity index (χ0) is 15.3.